The first-order valence-corrected chi connectivity index (χ1v) is 12.4. The Bertz CT molecular complexity index is 1170. The molecule has 2 aromatic carbocycles. The van der Waals surface area contributed by atoms with Crippen molar-refractivity contribution >= 4 is 23.2 Å². The highest BCUT2D eigenvalue weighted by Crippen LogP contribution is 2.27. The van der Waals surface area contributed by atoms with Gasteiger partial charge in [0.2, 0.25) is 0 Å². The highest BCUT2D eigenvalue weighted by atomic mass is 32.1. The standard InChI is InChI=1S/C26H29N3O5S/c1-32-18-9-7-8-17(14-18)25(30)28-19-10-3-4-11-20(19)29-26(31)21-16-35-24(27-21)15-34-23-13-6-5-12-22(23)33-2/h5-9,12-14,16,19-20H,3-4,10-11,15H2,1-2H3,(H,28,30)(H,29,31)/t19-,20-/m1/s1. The van der Waals surface area contributed by atoms with Crippen LogP contribution >= 0.6 is 11.3 Å². The molecule has 1 saturated carbocycles. The topological polar surface area (TPSA) is 98.8 Å². The van der Waals surface area contributed by atoms with Gasteiger partial charge in [-0.15, -0.1) is 11.3 Å². The fraction of sp³-hybridized carbons (Fsp3) is 0.346. The maximum atomic E-state index is 12.9. The van der Waals surface area contributed by atoms with Crippen LogP contribution in [-0.2, 0) is 6.61 Å². The lowest BCUT2D eigenvalue weighted by molar-refractivity contribution is 0.0860. The van der Waals surface area contributed by atoms with Gasteiger partial charge in [0.1, 0.15) is 23.1 Å². The third kappa shape index (κ3) is 6.30. The number of methoxy groups -OCH3 is 2. The predicted octanol–water partition coefficient (Wildman–Crippen LogP) is 4.21. The number of nitrogens with zero attached hydrogens (tertiary/aromatic N) is 1. The molecule has 1 aliphatic carbocycles. The van der Waals surface area contributed by atoms with Crippen molar-refractivity contribution < 1.29 is 23.8 Å². The number of thiazole rings is 1. The summed E-state index contributed by atoms with van der Waals surface area (Å²) in [5, 5.41) is 8.58. The molecule has 0 unspecified atom stereocenters. The molecule has 3 aromatic rings. The van der Waals surface area contributed by atoms with Crippen molar-refractivity contribution in [1.82, 2.24) is 15.6 Å². The van der Waals surface area contributed by atoms with Crippen molar-refractivity contribution in [1.29, 1.82) is 0 Å². The summed E-state index contributed by atoms with van der Waals surface area (Å²) < 4.78 is 16.3. The van der Waals surface area contributed by atoms with Gasteiger partial charge in [0.25, 0.3) is 11.8 Å². The predicted molar refractivity (Wildman–Crippen MR) is 133 cm³/mol. The number of benzene rings is 2. The number of hydrogen-bond acceptors (Lipinski definition) is 7. The minimum atomic E-state index is -0.252. The van der Waals surface area contributed by atoms with E-state index >= 15 is 0 Å². The second-order valence-corrected chi connectivity index (χ2v) is 9.18. The molecular formula is C26H29N3O5S. The van der Waals surface area contributed by atoms with E-state index in [9.17, 15) is 9.59 Å². The first kappa shape index (κ1) is 24.5. The minimum Gasteiger partial charge on any atom is -0.497 e. The molecule has 4 rings (SSSR count). The van der Waals surface area contributed by atoms with Crippen LogP contribution < -0.4 is 24.8 Å². The van der Waals surface area contributed by atoms with E-state index in [1.54, 1.807) is 43.9 Å². The number of rotatable bonds is 9. The van der Waals surface area contributed by atoms with Gasteiger partial charge in [-0.2, -0.15) is 0 Å². The van der Waals surface area contributed by atoms with Gasteiger partial charge < -0.3 is 24.8 Å². The lowest BCUT2D eigenvalue weighted by Crippen LogP contribution is -2.53. The van der Waals surface area contributed by atoms with Crippen molar-refractivity contribution in [3.8, 4) is 17.2 Å². The molecule has 1 fully saturated rings. The number of carbonyl (C=O) groups excluding carboxylic acids is 2. The van der Waals surface area contributed by atoms with Gasteiger partial charge in [0.05, 0.1) is 14.2 Å². The second kappa shape index (κ2) is 11.7. The molecule has 0 bridgehead atoms. The molecule has 184 valence electrons. The maximum Gasteiger partial charge on any atom is 0.271 e. The van der Waals surface area contributed by atoms with Gasteiger partial charge >= 0.3 is 0 Å². The van der Waals surface area contributed by atoms with Crippen molar-refractivity contribution in [2.45, 2.75) is 44.4 Å². The van der Waals surface area contributed by atoms with Gasteiger partial charge in [0.15, 0.2) is 11.5 Å². The summed E-state index contributed by atoms with van der Waals surface area (Å²) in [7, 11) is 3.16. The van der Waals surface area contributed by atoms with E-state index in [4.69, 9.17) is 14.2 Å². The zero-order chi connectivity index (χ0) is 24.6. The van der Waals surface area contributed by atoms with E-state index in [1.165, 1.54) is 11.3 Å². The molecule has 0 radical (unpaired) electrons. The molecule has 0 saturated heterocycles. The lowest BCUT2D eigenvalue weighted by Gasteiger charge is -2.32. The zero-order valence-electron chi connectivity index (χ0n) is 19.8. The number of carbonyl (C=O) groups is 2. The summed E-state index contributed by atoms with van der Waals surface area (Å²) in [6.07, 6.45) is 3.58. The monoisotopic (exact) mass is 495 g/mol. The first-order chi connectivity index (χ1) is 17.1. The zero-order valence-corrected chi connectivity index (χ0v) is 20.6. The fourth-order valence-electron chi connectivity index (χ4n) is 4.09. The molecule has 0 spiro atoms. The van der Waals surface area contributed by atoms with Gasteiger partial charge in [-0.3, -0.25) is 9.59 Å². The van der Waals surface area contributed by atoms with Gasteiger partial charge in [-0.1, -0.05) is 31.0 Å². The lowest BCUT2D eigenvalue weighted by atomic mass is 9.90. The molecule has 35 heavy (non-hydrogen) atoms. The average molecular weight is 496 g/mol. The van der Waals surface area contributed by atoms with E-state index in [0.29, 0.717) is 33.5 Å². The number of hydrogen-bond donors (Lipinski definition) is 2. The third-order valence-corrected chi connectivity index (χ3v) is 6.76. The van der Waals surface area contributed by atoms with E-state index in [1.807, 2.05) is 24.3 Å². The summed E-state index contributed by atoms with van der Waals surface area (Å²) >= 11 is 1.37. The number of ether oxygens (including phenoxy) is 3. The minimum absolute atomic E-state index is 0.154. The molecule has 8 nitrogen and oxygen atoms in total. The Labute approximate surface area is 208 Å². The van der Waals surface area contributed by atoms with Crippen LogP contribution in [0.4, 0.5) is 0 Å². The number of amides is 2. The van der Waals surface area contributed by atoms with Crippen molar-refractivity contribution in [2.75, 3.05) is 14.2 Å². The smallest absolute Gasteiger partial charge is 0.271 e. The number of nitrogens with one attached hydrogen (secondary N) is 2. The van der Waals surface area contributed by atoms with E-state index in [0.717, 1.165) is 25.7 Å². The van der Waals surface area contributed by atoms with Crippen molar-refractivity contribution in [3.05, 3.63) is 70.2 Å². The Hall–Kier alpha value is -3.59. The Morgan fingerprint density at radius 3 is 2.37 bits per heavy atom. The highest BCUT2D eigenvalue weighted by Gasteiger charge is 2.29. The molecular weight excluding hydrogens is 466 g/mol. The third-order valence-electron chi connectivity index (χ3n) is 5.94. The van der Waals surface area contributed by atoms with Crippen LogP contribution in [0.2, 0.25) is 0 Å². The van der Waals surface area contributed by atoms with E-state index in [2.05, 4.69) is 15.6 Å². The highest BCUT2D eigenvalue weighted by molar-refractivity contribution is 7.09. The Morgan fingerprint density at radius 2 is 1.66 bits per heavy atom. The maximum absolute atomic E-state index is 12.9. The van der Waals surface area contributed by atoms with Crippen LogP contribution in [0.25, 0.3) is 0 Å². The van der Waals surface area contributed by atoms with E-state index < -0.39 is 0 Å². The molecule has 1 heterocycles. The molecule has 2 N–H and O–H groups in total. The van der Waals surface area contributed by atoms with E-state index in [-0.39, 0.29) is 30.5 Å². The summed E-state index contributed by atoms with van der Waals surface area (Å²) in [6, 6.07) is 14.1. The average Bonchev–Trinajstić information content (AvgIpc) is 3.38. The van der Waals surface area contributed by atoms with Crippen LogP contribution in [0.15, 0.2) is 53.9 Å². The number of aromatic nitrogens is 1. The Balaban J connectivity index is 1.35. The van der Waals surface area contributed by atoms with Gasteiger partial charge in [-0.25, -0.2) is 4.98 Å². The summed E-state index contributed by atoms with van der Waals surface area (Å²) in [6.45, 7) is 0.237. The normalized spacial score (nSPS) is 17.3. The van der Waals surface area contributed by atoms with Gasteiger partial charge in [-0.05, 0) is 43.2 Å². The molecule has 2 atom stereocenters. The Kier molecular flexibility index (Phi) is 8.20. The SMILES string of the molecule is COc1cccc(C(=O)N[C@@H]2CCCC[C@H]2NC(=O)c2csc(COc3ccccc3OC)n2)c1. The molecule has 1 aliphatic rings. The first-order valence-electron chi connectivity index (χ1n) is 11.5. The quantitative estimate of drug-likeness (QED) is 0.461. The van der Waals surface area contributed by atoms with Crippen molar-refractivity contribution in [2.24, 2.45) is 0 Å². The van der Waals surface area contributed by atoms with Crippen molar-refractivity contribution in [3.63, 3.8) is 0 Å². The number of para-hydroxylation sites is 2. The van der Waals surface area contributed by atoms with Crippen LogP contribution in [-0.4, -0.2) is 43.1 Å². The Morgan fingerprint density at radius 1 is 0.943 bits per heavy atom. The van der Waals surface area contributed by atoms with Crippen LogP contribution in [0, 0.1) is 0 Å². The fourth-order valence-corrected chi connectivity index (χ4v) is 4.78. The second-order valence-electron chi connectivity index (χ2n) is 8.24. The molecule has 0 aliphatic heterocycles. The molecule has 2 amide bonds. The van der Waals surface area contributed by atoms with Crippen LogP contribution in [0.5, 0.6) is 17.2 Å². The van der Waals surface area contributed by atoms with Gasteiger partial charge in [0, 0.05) is 23.0 Å². The molecule has 1 aromatic heterocycles. The largest absolute Gasteiger partial charge is 0.497 e. The summed E-state index contributed by atoms with van der Waals surface area (Å²) in [4.78, 5) is 30.2. The van der Waals surface area contributed by atoms with Crippen LogP contribution in [0.1, 0.15) is 51.5 Å². The van der Waals surface area contributed by atoms with Crippen LogP contribution in [0.3, 0.4) is 0 Å². The summed E-state index contributed by atoms with van der Waals surface area (Å²) in [5.74, 6) is 1.45. The molecule has 9 heteroatoms. The summed E-state index contributed by atoms with van der Waals surface area (Å²) in [5.41, 5.74) is 0.872.